The number of carbonyl (C=O) groups is 1. The number of fused-ring (bicyclic) bond motifs is 3. The standard InChI is InChI=1S/C22H33N3O3S/c1-5-6-7-8-11-28-19(26)14-25-18(13-24(3)4)23-21-20(22(25)27)16-10-9-15(2)12-17(16)29-21/h15H,5-14H2,1-4H3. The quantitative estimate of drug-likeness (QED) is 0.457. The van der Waals surface area contributed by atoms with Gasteiger partial charge in [-0.2, -0.15) is 0 Å². The van der Waals surface area contributed by atoms with E-state index in [2.05, 4.69) is 13.8 Å². The summed E-state index contributed by atoms with van der Waals surface area (Å²) in [6, 6.07) is 0. The summed E-state index contributed by atoms with van der Waals surface area (Å²) >= 11 is 1.65. The van der Waals surface area contributed by atoms with Gasteiger partial charge < -0.3 is 9.64 Å². The van der Waals surface area contributed by atoms with Gasteiger partial charge in [-0.05, 0) is 51.3 Å². The van der Waals surface area contributed by atoms with Crippen LogP contribution in [0.5, 0.6) is 0 Å². The molecule has 0 spiro atoms. The number of hydrogen-bond acceptors (Lipinski definition) is 6. The van der Waals surface area contributed by atoms with E-state index in [1.165, 1.54) is 9.44 Å². The van der Waals surface area contributed by atoms with Crippen molar-refractivity contribution in [3.63, 3.8) is 0 Å². The number of hydrogen-bond donors (Lipinski definition) is 0. The Kier molecular flexibility index (Phi) is 7.46. The van der Waals surface area contributed by atoms with Gasteiger partial charge in [0.2, 0.25) is 0 Å². The van der Waals surface area contributed by atoms with E-state index in [0.29, 0.717) is 24.9 Å². The fourth-order valence-corrected chi connectivity index (χ4v) is 5.31. The second-order valence-corrected chi connectivity index (χ2v) is 9.55. The Hall–Kier alpha value is -1.73. The third-order valence-electron chi connectivity index (χ3n) is 5.50. The van der Waals surface area contributed by atoms with E-state index < -0.39 is 0 Å². The van der Waals surface area contributed by atoms with E-state index in [-0.39, 0.29) is 18.1 Å². The van der Waals surface area contributed by atoms with Crippen molar-refractivity contribution in [2.75, 3.05) is 20.7 Å². The number of thiophene rings is 1. The summed E-state index contributed by atoms with van der Waals surface area (Å²) in [5.74, 6) is 0.909. The van der Waals surface area contributed by atoms with Crippen LogP contribution in [-0.2, 0) is 35.5 Å². The number of carbonyl (C=O) groups excluding carboxylic acids is 1. The lowest BCUT2D eigenvalue weighted by Crippen LogP contribution is -2.32. The molecule has 160 valence electrons. The van der Waals surface area contributed by atoms with Gasteiger partial charge >= 0.3 is 5.97 Å². The monoisotopic (exact) mass is 419 g/mol. The van der Waals surface area contributed by atoms with Gasteiger partial charge in [-0.1, -0.05) is 33.1 Å². The van der Waals surface area contributed by atoms with Crippen LogP contribution in [0.25, 0.3) is 10.2 Å². The average Bonchev–Trinajstić information content (AvgIpc) is 3.01. The molecule has 2 heterocycles. The number of aryl methyl sites for hydroxylation is 1. The summed E-state index contributed by atoms with van der Waals surface area (Å²) in [6.45, 7) is 5.26. The molecular weight excluding hydrogens is 386 g/mol. The van der Waals surface area contributed by atoms with Crippen molar-refractivity contribution >= 4 is 27.5 Å². The predicted molar refractivity (Wildman–Crippen MR) is 118 cm³/mol. The van der Waals surface area contributed by atoms with Crippen LogP contribution >= 0.6 is 11.3 Å². The summed E-state index contributed by atoms with van der Waals surface area (Å²) in [5.41, 5.74) is 1.06. The summed E-state index contributed by atoms with van der Waals surface area (Å²) < 4.78 is 6.92. The second-order valence-electron chi connectivity index (χ2n) is 8.47. The first-order chi connectivity index (χ1) is 13.9. The Morgan fingerprint density at radius 2 is 2.10 bits per heavy atom. The minimum absolute atomic E-state index is 0.0697. The second kappa shape index (κ2) is 9.85. The Bertz CT molecular complexity index is 916. The van der Waals surface area contributed by atoms with E-state index in [1.54, 1.807) is 11.3 Å². The zero-order chi connectivity index (χ0) is 21.0. The molecule has 29 heavy (non-hydrogen) atoms. The van der Waals surface area contributed by atoms with Gasteiger partial charge in [-0.15, -0.1) is 11.3 Å². The topological polar surface area (TPSA) is 64.4 Å². The van der Waals surface area contributed by atoms with Crippen LogP contribution < -0.4 is 5.56 Å². The molecule has 2 aromatic heterocycles. The summed E-state index contributed by atoms with van der Waals surface area (Å²) in [7, 11) is 3.88. The maximum Gasteiger partial charge on any atom is 0.326 e. The molecule has 0 saturated heterocycles. The first-order valence-electron chi connectivity index (χ1n) is 10.7. The van der Waals surface area contributed by atoms with Gasteiger partial charge in [0.1, 0.15) is 17.2 Å². The van der Waals surface area contributed by atoms with Crippen molar-refractivity contribution in [2.24, 2.45) is 5.92 Å². The van der Waals surface area contributed by atoms with Gasteiger partial charge in [0, 0.05) is 4.88 Å². The third kappa shape index (κ3) is 5.25. The molecule has 7 heteroatoms. The molecule has 0 aromatic carbocycles. The highest BCUT2D eigenvalue weighted by Crippen LogP contribution is 2.35. The zero-order valence-electron chi connectivity index (χ0n) is 18.1. The van der Waals surface area contributed by atoms with E-state index in [0.717, 1.165) is 60.7 Å². The summed E-state index contributed by atoms with van der Waals surface area (Å²) in [6.07, 6.45) is 7.24. The molecule has 1 atom stereocenters. The van der Waals surface area contributed by atoms with Crippen molar-refractivity contribution < 1.29 is 9.53 Å². The number of unbranched alkanes of at least 4 members (excludes halogenated alkanes) is 3. The van der Waals surface area contributed by atoms with E-state index in [1.807, 2.05) is 19.0 Å². The first-order valence-corrected chi connectivity index (χ1v) is 11.6. The van der Waals surface area contributed by atoms with E-state index >= 15 is 0 Å². The molecule has 1 aliphatic rings. The minimum atomic E-state index is -0.359. The van der Waals surface area contributed by atoms with Gasteiger partial charge in [0.15, 0.2) is 0 Å². The molecule has 0 bridgehead atoms. The number of nitrogens with zero attached hydrogens (tertiary/aromatic N) is 3. The smallest absolute Gasteiger partial charge is 0.326 e. The molecule has 0 fully saturated rings. The van der Waals surface area contributed by atoms with E-state index in [4.69, 9.17) is 9.72 Å². The molecule has 0 N–H and O–H groups in total. The minimum Gasteiger partial charge on any atom is -0.464 e. The van der Waals surface area contributed by atoms with Crippen LogP contribution in [0, 0.1) is 5.92 Å². The number of rotatable bonds is 9. The summed E-state index contributed by atoms with van der Waals surface area (Å²) in [5, 5.41) is 0.718. The highest BCUT2D eigenvalue weighted by Gasteiger charge is 2.25. The highest BCUT2D eigenvalue weighted by molar-refractivity contribution is 7.18. The Morgan fingerprint density at radius 3 is 2.83 bits per heavy atom. The van der Waals surface area contributed by atoms with Crippen LogP contribution in [0.2, 0.25) is 0 Å². The maximum atomic E-state index is 13.4. The van der Waals surface area contributed by atoms with Gasteiger partial charge in [0.25, 0.3) is 5.56 Å². The average molecular weight is 420 g/mol. The first kappa shape index (κ1) is 22.0. The SMILES string of the molecule is CCCCCCOC(=O)Cn1c(CN(C)C)nc2sc3c(c2c1=O)CCC(C)C3. The predicted octanol–water partition coefficient (Wildman–Crippen LogP) is 3.77. The van der Waals surface area contributed by atoms with Crippen molar-refractivity contribution in [3.8, 4) is 0 Å². The molecule has 0 aliphatic heterocycles. The van der Waals surface area contributed by atoms with Crippen molar-refractivity contribution in [1.29, 1.82) is 0 Å². The number of esters is 1. The lowest BCUT2D eigenvalue weighted by atomic mass is 9.89. The van der Waals surface area contributed by atoms with Crippen LogP contribution in [0.1, 0.15) is 62.2 Å². The van der Waals surface area contributed by atoms with Crippen LogP contribution in [0.15, 0.2) is 4.79 Å². The Labute approximate surface area is 176 Å². The lowest BCUT2D eigenvalue weighted by Gasteiger charge is -2.18. The zero-order valence-corrected chi connectivity index (χ0v) is 18.9. The van der Waals surface area contributed by atoms with Crippen LogP contribution in [0.4, 0.5) is 0 Å². The molecule has 6 nitrogen and oxygen atoms in total. The molecule has 0 saturated carbocycles. The fraction of sp³-hybridized carbons (Fsp3) is 0.682. The molecule has 0 amide bonds. The van der Waals surface area contributed by atoms with Crippen molar-refractivity contribution in [1.82, 2.24) is 14.5 Å². The molecular formula is C22H33N3O3S. The van der Waals surface area contributed by atoms with Gasteiger partial charge in [-0.25, -0.2) is 4.98 Å². The maximum absolute atomic E-state index is 13.4. The third-order valence-corrected chi connectivity index (χ3v) is 6.65. The van der Waals surface area contributed by atoms with Crippen LogP contribution in [0.3, 0.4) is 0 Å². The fourth-order valence-electron chi connectivity index (χ4n) is 3.92. The van der Waals surface area contributed by atoms with Gasteiger partial charge in [0.05, 0.1) is 18.5 Å². The number of aromatic nitrogens is 2. The van der Waals surface area contributed by atoms with Crippen LogP contribution in [-0.4, -0.2) is 41.1 Å². The molecule has 3 rings (SSSR count). The Balaban J connectivity index is 1.88. The molecule has 2 aromatic rings. The summed E-state index contributed by atoms with van der Waals surface area (Å²) in [4.78, 5) is 34.7. The normalized spacial score (nSPS) is 16.4. The molecule has 0 radical (unpaired) electrons. The largest absolute Gasteiger partial charge is 0.464 e. The Morgan fingerprint density at radius 1 is 1.31 bits per heavy atom. The molecule has 1 unspecified atom stereocenters. The molecule has 1 aliphatic carbocycles. The number of ether oxygens (including phenoxy) is 1. The van der Waals surface area contributed by atoms with Crippen molar-refractivity contribution in [2.45, 2.75) is 71.9 Å². The lowest BCUT2D eigenvalue weighted by molar-refractivity contribution is -0.144. The van der Waals surface area contributed by atoms with Gasteiger partial charge in [-0.3, -0.25) is 14.2 Å². The highest BCUT2D eigenvalue weighted by atomic mass is 32.1. The van der Waals surface area contributed by atoms with Crippen molar-refractivity contribution in [3.05, 3.63) is 26.6 Å². The van der Waals surface area contributed by atoms with E-state index in [9.17, 15) is 9.59 Å².